The number of hydrogen-bond donors (Lipinski definition) is 1. The van der Waals surface area contributed by atoms with E-state index in [1.54, 1.807) is 0 Å². The number of para-hydroxylation sites is 1. The number of nitrogens with two attached hydrogens (primary N) is 1. The summed E-state index contributed by atoms with van der Waals surface area (Å²) in [5.41, 5.74) is 7.94. The smallest absolute Gasteiger partial charge is 0.236 e. The van der Waals surface area contributed by atoms with Gasteiger partial charge < -0.3 is 10.6 Å². The first kappa shape index (κ1) is 10.6. The minimum Gasteiger partial charge on any atom is -0.368 e. The Labute approximate surface area is 102 Å². The number of amides is 1. The predicted octanol–water partition coefficient (Wildman–Crippen LogP) is 1.88. The third-order valence-electron chi connectivity index (χ3n) is 3.92. The molecule has 1 heterocycles. The van der Waals surface area contributed by atoms with Crippen LogP contribution in [0.4, 0.5) is 5.69 Å². The number of carbonyl (C=O) groups excluding carboxylic acids is 1. The van der Waals surface area contributed by atoms with Crippen LogP contribution >= 0.6 is 0 Å². The number of anilines is 1. The van der Waals surface area contributed by atoms with Crippen molar-refractivity contribution < 1.29 is 4.79 Å². The van der Waals surface area contributed by atoms with Crippen LogP contribution < -0.4 is 10.6 Å². The molecule has 3 heteroatoms. The van der Waals surface area contributed by atoms with Crippen molar-refractivity contribution >= 4 is 11.6 Å². The van der Waals surface area contributed by atoms with Gasteiger partial charge in [0, 0.05) is 12.2 Å². The number of carbonyl (C=O) groups is 1. The first-order valence-corrected chi connectivity index (χ1v) is 6.38. The van der Waals surface area contributed by atoms with Crippen molar-refractivity contribution in [3.8, 4) is 0 Å². The molecule has 3 nitrogen and oxygen atoms in total. The number of hydrogen-bond acceptors (Lipinski definition) is 2. The highest BCUT2D eigenvalue weighted by Gasteiger charge is 2.36. The van der Waals surface area contributed by atoms with Gasteiger partial charge in [-0.15, -0.1) is 0 Å². The van der Waals surface area contributed by atoms with E-state index in [0.717, 1.165) is 18.9 Å². The van der Waals surface area contributed by atoms with E-state index >= 15 is 0 Å². The van der Waals surface area contributed by atoms with Gasteiger partial charge in [-0.25, -0.2) is 0 Å². The lowest BCUT2D eigenvalue weighted by molar-refractivity contribution is -0.116. The third kappa shape index (κ3) is 2.02. The molecule has 90 valence electrons. The van der Waals surface area contributed by atoms with E-state index in [1.165, 1.54) is 24.1 Å². The molecule has 1 fully saturated rings. The first-order chi connectivity index (χ1) is 8.25. The molecular weight excluding hydrogens is 212 g/mol. The van der Waals surface area contributed by atoms with Crippen LogP contribution in [0, 0.1) is 5.92 Å². The lowest BCUT2D eigenvalue weighted by Crippen LogP contribution is -2.38. The highest BCUT2D eigenvalue weighted by atomic mass is 16.1. The molecule has 1 aliphatic carbocycles. The standard InChI is InChI=1S/C14H18N2O/c15-14(17)9-16-8-7-11(10-5-6-10)12-3-1-2-4-13(12)16/h1-4,10-11H,5-9H2,(H2,15,17)/t11-/m0/s1. The van der Waals surface area contributed by atoms with Crippen molar-refractivity contribution in [1.82, 2.24) is 0 Å². The van der Waals surface area contributed by atoms with Crippen LogP contribution in [0.1, 0.15) is 30.7 Å². The molecule has 1 amide bonds. The Morgan fingerprint density at radius 2 is 2.06 bits per heavy atom. The lowest BCUT2D eigenvalue weighted by Gasteiger charge is -2.35. The maximum atomic E-state index is 11.1. The van der Waals surface area contributed by atoms with E-state index in [-0.39, 0.29) is 5.91 Å². The molecule has 3 rings (SSSR count). The van der Waals surface area contributed by atoms with E-state index in [9.17, 15) is 4.79 Å². The maximum Gasteiger partial charge on any atom is 0.236 e. The van der Waals surface area contributed by atoms with E-state index in [2.05, 4.69) is 23.1 Å². The van der Waals surface area contributed by atoms with Crippen molar-refractivity contribution in [2.75, 3.05) is 18.0 Å². The van der Waals surface area contributed by atoms with E-state index in [4.69, 9.17) is 5.73 Å². The highest BCUT2D eigenvalue weighted by Crippen LogP contribution is 2.49. The van der Waals surface area contributed by atoms with E-state index < -0.39 is 0 Å². The van der Waals surface area contributed by atoms with Crippen molar-refractivity contribution in [2.45, 2.75) is 25.2 Å². The minimum absolute atomic E-state index is 0.246. The third-order valence-corrected chi connectivity index (χ3v) is 3.92. The zero-order valence-electron chi connectivity index (χ0n) is 9.93. The fraction of sp³-hybridized carbons (Fsp3) is 0.500. The summed E-state index contributed by atoms with van der Waals surface area (Å²) in [7, 11) is 0. The Balaban J connectivity index is 1.92. The number of fused-ring (bicyclic) bond motifs is 1. The predicted molar refractivity (Wildman–Crippen MR) is 67.9 cm³/mol. The van der Waals surface area contributed by atoms with Gasteiger partial charge in [-0.05, 0) is 42.7 Å². The van der Waals surface area contributed by atoms with Crippen molar-refractivity contribution in [1.29, 1.82) is 0 Å². The quantitative estimate of drug-likeness (QED) is 0.861. The van der Waals surface area contributed by atoms with Crippen LogP contribution in [0.15, 0.2) is 24.3 Å². The van der Waals surface area contributed by atoms with Crippen molar-refractivity contribution in [3.05, 3.63) is 29.8 Å². The van der Waals surface area contributed by atoms with Gasteiger partial charge in [-0.3, -0.25) is 4.79 Å². The van der Waals surface area contributed by atoms with Crippen LogP contribution in [-0.2, 0) is 4.79 Å². The van der Waals surface area contributed by atoms with Crippen LogP contribution in [-0.4, -0.2) is 19.0 Å². The molecule has 2 N–H and O–H groups in total. The van der Waals surface area contributed by atoms with Gasteiger partial charge >= 0.3 is 0 Å². The summed E-state index contributed by atoms with van der Waals surface area (Å²) in [4.78, 5) is 13.2. The SMILES string of the molecule is NC(=O)CN1CC[C@@H](C2CC2)c2ccccc21. The molecular formula is C14H18N2O. The van der Waals surface area contributed by atoms with Gasteiger partial charge in [0.15, 0.2) is 0 Å². The molecule has 1 saturated carbocycles. The van der Waals surface area contributed by atoms with Gasteiger partial charge in [0.25, 0.3) is 0 Å². The lowest BCUT2D eigenvalue weighted by atomic mass is 9.86. The van der Waals surface area contributed by atoms with Gasteiger partial charge in [0.1, 0.15) is 0 Å². The molecule has 1 aliphatic heterocycles. The Hall–Kier alpha value is -1.51. The minimum atomic E-state index is -0.246. The number of benzene rings is 1. The van der Waals surface area contributed by atoms with Crippen molar-refractivity contribution in [3.63, 3.8) is 0 Å². The molecule has 1 atom stereocenters. The fourth-order valence-corrected chi connectivity index (χ4v) is 3.00. The van der Waals surface area contributed by atoms with Crippen LogP contribution in [0.25, 0.3) is 0 Å². The molecule has 2 aliphatic rings. The Bertz CT molecular complexity index is 440. The summed E-state index contributed by atoms with van der Waals surface area (Å²) in [5, 5.41) is 0. The number of nitrogens with zero attached hydrogens (tertiary/aromatic N) is 1. The van der Waals surface area contributed by atoms with Gasteiger partial charge in [0.2, 0.25) is 5.91 Å². The maximum absolute atomic E-state index is 11.1. The topological polar surface area (TPSA) is 46.3 Å². The average molecular weight is 230 g/mol. The highest BCUT2D eigenvalue weighted by molar-refractivity contribution is 5.80. The first-order valence-electron chi connectivity index (χ1n) is 6.38. The molecule has 0 saturated heterocycles. The monoisotopic (exact) mass is 230 g/mol. The molecule has 1 aromatic carbocycles. The molecule has 0 bridgehead atoms. The molecule has 0 aromatic heterocycles. The summed E-state index contributed by atoms with van der Waals surface area (Å²) < 4.78 is 0. The van der Waals surface area contributed by atoms with E-state index in [0.29, 0.717) is 12.5 Å². The zero-order valence-corrected chi connectivity index (χ0v) is 9.93. The molecule has 0 radical (unpaired) electrons. The largest absolute Gasteiger partial charge is 0.368 e. The van der Waals surface area contributed by atoms with Crippen LogP contribution in [0.3, 0.4) is 0 Å². The molecule has 0 unspecified atom stereocenters. The van der Waals surface area contributed by atoms with Crippen molar-refractivity contribution in [2.24, 2.45) is 11.7 Å². The average Bonchev–Trinajstić information content (AvgIpc) is 3.13. The fourth-order valence-electron chi connectivity index (χ4n) is 3.00. The Morgan fingerprint density at radius 1 is 1.29 bits per heavy atom. The second-order valence-electron chi connectivity index (χ2n) is 5.18. The summed E-state index contributed by atoms with van der Waals surface area (Å²) in [6.07, 6.45) is 3.90. The van der Waals surface area contributed by atoms with E-state index in [1.807, 2.05) is 6.07 Å². The number of primary amides is 1. The Morgan fingerprint density at radius 3 is 2.76 bits per heavy atom. The second-order valence-corrected chi connectivity index (χ2v) is 5.18. The zero-order chi connectivity index (χ0) is 11.8. The number of rotatable bonds is 3. The summed E-state index contributed by atoms with van der Waals surface area (Å²) in [6.45, 7) is 1.30. The molecule has 17 heavy (non-hydrogen) atoms. The van der Waals surface area contributed by atoms with Gasteiger partial charge in [-0.2, -0.15) is 0 Å². The van der Waals surface area contributed by atoms with Crippen LogP contribution in [0.5, 0.6) is 0 Å². The second kappa shape index (κ2) is 4.06. The summed E-state index contributed by atoms with van der Waals surface area (Å²) in [5.74, 6) is 1.34. The summed E-state index contributed by atoms with van der Waals surface area (Å²) >= 11 is 0. The van der Waals surface area contributed by atoms with Gasteiger partial charge in [-0.1, -0.05) is 18.2 Å². The van der Waals surface area contributed by atoms with Crippen LogP contribution in [0.2, 0.25) is 0 Å². The Kier molecular flexibility index (Phi) is 2.54. The molecule has 1 aromatic rings. The summed E-state index contributed by atoms with van der Waals surface area (Å²) in [6, 6.07) is 8.47. The van der Waals surface area contributed by atoms with Gasteiger partial charge in [0.05, 0.1) is 6.54 Å². The molecule has 0 spiro atoms. The normalized spacial score (nSPS) is 23.3.